The zero-order valence-corrected chi connectivity index (χ0v) is 17.6. The minimum absolute atomic E-state index is 0.0434. The lowest BCUT2D eigenvalue weighted by molar-refractivity contribution is -0.137. The monoisotopic (exact) mass is 379 g/mol. The second kappa shape index (κ2) is 19.2. The minimum atomic E-state index is -0.812. The van der Waals surface area contributed by atoms with Crippen molar-refractivity contribution in [3.63, 3.8) is 0 Å². The molecule has 1 amide bonds. The number of nitrogens with one attached hydrogen (secondary N) is 1. The number of carboxylic acid groups (broad SMARTS) is 1. The molecule has 0 aromatic rings. The van der Waals surface area contributed by atoms with Gasteiger partial charge >= 0.3 is 5.97 Å². The van der Waals surface area contributed by atoms with E-state index in [-0.39, 0.29) is 12.3 Å². The molecule has 0 rings (SSSR count). The molecule has 2 N–H and O–H groups in total. The first-order chi connectivity index (χ1) is 13.1. The Morgan fingerprint density at radius 3 is 2.26 bits per heavy atom. The van der Waals surface area contributed by atoms with Crippen LogP contribution in [0.1, 0.15) is 104 Å². The number of amides is 1. The first kappa shape index (κ1) is 25.4. The van der Waals surface area contributed by atoms with Crippen LogP contribution in [0.2, 0.25) is 0 Å². The van der Waals surface area contributed by atoms with Gasteiger partial charge in [0.15, 0.2) is 0 Å². The molecule has 4 heteroatoms. The van der Waals surface area contributed by atoms with Crippen molar-refractivity contribution in [1.82, 2.24) is 5.32 Å². The van der Waals surface area contributed by atoms with Gasteiger partial charge in [-0.15, -0.1) is 0 Å². The minimum Gasteiger partial charge on any atom is -0.481 e. The highest BCUT2D eigenvalue weighted by Gasteiger charge is 2.02. The van der Waals surface area contributed by atoms with Crippen LogP contribution < -0.4 is 5.32 Å². The van der Waals surface area contributed by atoms with Gasteiger partial charge in [0.05, 0.1) is 0 Å². The Bertz CT molecular complexity index is 441. The summed E-state index contributed by atoms with van der Waals surface area (Å²) in [4.78, 5) is 22.0. The number of allylic oxidation sites excluding steroid dienone is 4. The fourth-order valence-corrected chi connectivity index (χ4v) is 2.87. The van der Waals surface area contributed by atoms with Gasteiger partial charge in [-0.3, -0.25) is 9.59 Å². The molecule has 0 atom stereocenters. The first-order valence-corrected chi connectivity index (χ1v) is 10.8. The molecule has 0 aliphatic heterocycles. The van der Waals surface area contributed by atoms with Crippen molar-refractivity contribution < 1.29 is 14.7 Å². The Kier molecular flexibility index (Phi) is 18.1. The first-order valence-electron chi connectivity index (χ1n) is 10.8. The highest BCUT2D eigenvalue weighted by atomic mass is 16.4. The molecular formula is C23H41NO3. The van der Waals surface area contributed by atoms with Gasteiger partial charge in [0.1, 0.15) is 0 Å². The summed E-state index contributed by atoms with van der Waals surface area (Å²) >= 11 is 0. The highest BCUT2D eigenvalue weighted by molar-refractivity contribution is 5.75. The lowest BCUT2D eigenvalue weighted by Gasteiger charge is -2.05. The van der Waals surface area contributed by atoms with E-state index in [4.69, 9.17) is 5.11 Å². The normalized spacial score (nSPS) is 11.9. The van der Waals surface area contributed by atoms with Crippen LogP contribution in [-0.2, 0) is 9.59 Å². The van der Waals surface area contributed by atoms with Crippen molar-refractivity contribution in [2.45, 2.75) is 104 Å². The number of aliphatic carboxylic acids is 1. The van der Waals surface area contributed by atoms with Gasteiger partial charge in [-0.1, -0.05) is 62.8 Å². The molecule has 0 aromatic carbocycles. The second-order valence-corrected chi connectivity index (χ2v) is 7.37. The molecule has 0 aromatic heterocycles. The van der Waals surface area contributed by atoms with E-state index >= 15 is 0 Å². The van der Waals surface area contributed by atoms with Crippen LogP contribution in [0.5, 0.6) is 0 Å². The Morgan fingerprint density at radius 1 is 0.852 bits per heavy atom. The molecule has 0 saturated carbocycles. The Hall–Kier alpha value is -1.58. The average molecular weight is 380 g/mol. The molecule has 0 heterocycles. The van der Waals surface area contributed by atoms with E-state index in [0.717, 1.165) is 19.3 Å². The third kappa shape index (κ3) is 20.6. The second-order valence-electron chi connectivity index (χ2n) is 7.37. The maximum atomic E-state index is 11.6. The van der Waals surface area contributed by atoms with Crippen molar-refractivity contribution in [2.24, 2.45) is 0 Å². The topological polar surface area (TPSA) is 66.4 Å². The van der Waals surface area contributed by atoms with E-state index in [1.165, 1.54) is 56.9 Å². The molecule has 27 heavy (non-hydrogen) atoms. The van der Waals surface area contributed by atoms with Crippen LogP contribution in [0.25, 0.3) is 0 Å². The molecule has 0 bridgehead atoms. The maximum Gasteiger partial charge on any atom is 0.303 e. The molecule has 0 saturated heterocycles. The number of rotatable bonds is 18. The number of carbonyl (C=O) groups excluding carboxylic acids is 1. The number of carboxylic acids is 1. The Balaban J connectivity index is 3.45. The van der Waals surface area contributed by atoms with Crippen molar-refractivity contribution in [1.29, 1.82) is 0 Å². The fraction of sp³-hybridized carbons (Fsp3) is 0.739. The fourth-order valence-electron chi connectivity index (χ4n) is 2.87. The summed E-state index contributed by atoms with van der Waals surface area (Å²) in [6.07, 6.45) is 21.1. The summed E-state index contributed by atoms with van der Waals surface area (Å²) in [6.45, 7) is 4.92. The molecule has 0 aliphatic rings. The summed E-state index contributed by atoms with van der Waals surface area (Å²) < 4.78 is 0. The van der Waals surface area contributed by atoms with E-state index in [9.17, 15) is 9.59 Å². The number of hydrogen-bond donors (Lipinski definition) is 2. The lowest BCUT2D eigenvalue weighted by atomic mass is 10.0. The molecule has 4 nitrogen and oxygen atoms in total. The smallest absolute Gasteiger partial charge is 0.303 e. The van der Waals surface area contributed by atoms with Crippen molar-refractivity contribution in [3.05, 3.63) is 23.8 Å². The standard InChI is InChI=1S/C23H41NO3/c1-3-4-5-6-7-9-12-16-21(2)17-13-10-8-11-14-18-22(25)24-20-15-19-23(26)27/h7,9,16H,3-6,8,10-15,17-20H2,1-2H3,(H,24,25)(H,26,27)/b9-7-,21-16-. The third-order valence-electron chi connectivity index (χ3n) is 4.61. The van der Waals surface area contributed by atoms with Gasteiger partial charge in [0.2, 0.25) is 5.91 Å². The molecule has 0 unspecified atom stereocenters. The average Bonchev–Trinajstić information content (AvgIpc) is 2.63. The summed E-state index contributed by atoms with van der Waals surface area (Å²) in [5.74, 6) is -0.768. The molecule has 0 spiro atoms. The van der Waals surface area contributed by atoms with Crippen molar-refractivity contribution in [2.75, 3.05) is 6.54 Å². The molecular weight excluding hydrogens is 338 g/mol. The Labute approximate surface area is 166 Å². The van der Waals surface area contributed by atoms with Crippen LogP contribution in [0, 0.1) is 0 Å². The lowest BCUT2D eigenvalue weighted by Crippen LogP contribution is -2.24. The summed E-state index contributed by atoms with van der Waals surface area (Å²) in [5.41, 5.74) is 1.48. The van der Waals surface area contributed by atoms with Crippen molar-refractivity contribution in [3.8, 4) is 0 Å². The van der Waals surface area contributed by atoms with Gasteiger partial charge in [-0.2, -0.15) is 0 Å². The number of unbranched alkanes of at least 4 members (excludes halogenated alkanes) is 7. The quantitative estimate of drug-likeness (QED) is 0.221. The predicted molar refractivity (Wildman–Crippen MR) is 114 cm³/mol. The van der Waals surface area contributed by atoms with Crippen LogP contribution in [0.15, 0.2) is 23.8 Å². The zero-order valence-electron chi connectivity index (χ0n) is 17.6. The number of carbonyl (C=O) groups is 2. The van der Waals surface area contributed by atoms with E-state index in [1.807, 2.05) is 0 Å². The van der Waals surface area contributed by atoms with E-state index in [0.29, 0.717) is 19.4 Å². The molecule has 0 radical (unpaired) electrons. The van der Waals surface area contributed by atoms with Crippen LogP contribution in [0.4, 0.5) is 0 Å². The third-order valence-corrected chi connectivity index (χ3v) is 4.61. The number of hydrogen-bond acceptors (Lipinski definition) is 2. The van der Waals surface area contributed by atoms with E-state index in [2.05, 4.69) is 37.4 Å². The van der Waals surface area contributed by atoms with Crippen LogP contribution >= 0.6 is 0 Å². The van der Waals surface area contributed by atoms with E-state index in [1.54, 1.807) is 0 Å². The zero-order chi connectivity index (χ0) is 20.2. The van der Waals surface area contributed by atoms with Gasteiger partial charge in [-0.05, 0) is 51.9 Å². The van der Waals surface area contributed by atoms with Gasteiger partial charge in [0, 0.05) is 19.4 Å². The molecule has 156 valence electrons. The van der Waals surface area contributed by atoms with Gasteiger partial charge < -0.3 is 10.4 Å². The van der Waals surface area contributed by atoms with Crippen LogP contribution in [-0.4, -0.2) is 23.5 Å². The van der Waals surface area contributed by atoms with Crippen LogP contribution in [0.3, 0.4) is 0 Å². The summed E-state index contributed by atoms with van der Waals surface area (Å²) in [7, 11) is 0. The highest BCUT2D eigenvalue weighted by Crippen LogP contribution is 2.12. The van der Waals surface area contributed by atoms with Gasteiger partial charge in [-0.25, -0.2) is 0 Å². The SMILES string of the molecule is CCCCC/C=C\C/C=C(/C)CCCCCCCC(=O)NCCCC(=O)O. The van der Waals surface area contributed by atoms with Crippen molar-refractivity contribution >= 4 is 11.9 Å². The maximum absolute atomic E-state index is 11.6. The molecule has 0 aliphatic carbocycles. The van der Waals surface area contributed by atoms with Gasteiger partial charge in [0.25, 0.3) is 0 Å². The Morgan fingerprint density at radius 2 is 1.56 bits per heavy atom. The molecule has 0 fully saturated rings. The predicted octanol–water partition coefficient (Wildman–Crippen LogP) is 6.17. The van der Waals surface area contributed by atoms with E-state index < -0.39 is 5.97 Å². The summed E-state index contributed by atoms with van der Waals surface area (Å²) in [5, 5.41) is 11.3. The largest absolute Gasteiger partial charge is 0.481 e. The summed E-state index contributed by atoms with van der Waals surface area (Å²) in [6, 6.07) is 0.